The highest BCUT2D eigenvalue weighted by Crippen LogP contribution is 2.53. The van der Waals surface area contributed by atoms with Crippen LogP contribution in [0.5, 0.6) is 0 Å². The van der Waals surface area contributed by atoms with Crippen LogP contribution in [0.2, 0.25) is 5.02 Å². The number of amides is 1. The summed E-state index contributed by atoms with van der Waals surface area (Å²) in [4.78, 5) is 28.2. The minimum atomic E-state index is -1.39. The van der Waals surface area contributed by atoms with Crippen molar-refractivity contribution in [2.24, 2.45) is 5.41 Å². The van der Waals surface area contributed by atoms with E-state index in [-0.39, 0.29) is 29.0 Å². The van der Waals surface area contributed by atoms with Crippen molar-refractivity contribution >= 4 is 35.6 Å². The Labute approximate surface area is 238 Å². The van der Waals surface area contributed by atoms with Crippen molar-refractivity contribution in [2.45, 2.75) is 93.3 Å². The minimum Gasteiger partial charge on any atom is -0.393 e. The zero-order valence-corrected chi connectivity index (χ0v) is 24.3. The quantitative estimate of drug-likeness (QED) is 0.288. The van der Waals surface area contributed by atoms with Crippen LogP contribution in [0.15, 0.2) is 41.3 Å². The second kappa shape index (κ2) is 11.9. The molecule has 1 saturated heterocycles. The first-order valence-electron chi connectivity index (χ1n) is 13.4. The average Bonchev–Trinajstić information content (AvgIpc) is 3.20. The van der Waals surface area contributed by atoms with Crippen LogP contribution in [-0.4, -0.2) is 47.8 Å². The molecule has 1 heterocycles. The second-order valence-corrected chi connectivity index (χ2v) is 13.3. The van der Waals surface area contributed by atoms with Gasteiger partial charge in [0, 0.05) is 27.9 Å². The van der Waals surface area contributed by atoms with Crippen molar-refractivity contribution in [2.75, 3.05) is 6.26 Å². The second-order valence-electron chi connectivity index (χ2n) is 12.0. The van der Waals surface area contributed by atoms with Crippen LogP contribution in [0.3, 0.4) is 0 Å². The van der Waals surface area contributed by atoms with Crippen LogP contribution in [0.1, 0.15) is 69.9 Å². The highest BCUT2D eigenvalue weighted by atomic mass is 35.5. The van der Waals surface area contributed by atoms with Gasteiger partial charge in [-0.25, -0.2) is 8.78 Å². The van der Waals surface area contributed by atoms with Gasteiger partial charge in [-0.3, -0.25) is 4.79 Å². The molecule has 2 aromatic rings. The molecule has 2 aromatic carbocycles. The molecule has 0 bridgehead atoms. The molecule has 4 rings (SSSR count). The van der Waals surface area contributed by atoms with Crippen LogP contribution in [0.4, 0.5) is 8.78 Å². The number of nitrogens with one attached hydrogen (secondary N) is 2. The van der Waals surface area contributed by atoms with Crippen molar-refractivity contribution < 1.29 is 23.5 Å². The normalized spacial score (nSPS) is 29.3. The fourth-order valence-electron chi connectivity index (χ4n) is 6.32. The highest BCUT2D eigenvalue weighted by molar-refractivity contribution is 7.98. The Hall–Kier alpha value is -2.00. The van der Waals surface area contributed by atoms with E-state index in [4.69, 9.17) is 11.6 Å². The lowest BCUT2D eigenvalue weighted by Gasteiger charge is -2.39. The lowest BCUT2D eigenvalue weighted by atomic mass is 9.62. The number of rotatable bonds is 7. The fraction of sp³-hybridized carbons (Fsp3) is 0.533. The molecule has 3 N–H and O–H groups in total. The smallest absolute Gasteiger partial charge is 0.238 e. The molecule has 1 amide bonds. The van der Waals surface area contributed by atoms with E-state index in [1.54, 1.807) is 18.2 Å². The predicted octanol–water partition coefficient (Wildman–Crippen LogP) is 5.76. The lowest BCUT2D eigenvalue weighted by molar-refractivity contribution is -0.124. The zero-order valence-electron chi connectivity index (χ0n) is 22.8. The number of hydrogen-bond donors (Lipinski definition) is 3. The molecule has 0 spiro atoms. The summed E-state index contributed by atoms with van der Waals surface area (Å²) in [5, 5.41) is 16.9. The first-order chi connectivity index (χ1) is 18.4. The van der Waals surface area contributed by atoms with Crippen LogP contribution in [0, 0.1) is 17.0 Å². The number of carbonyl (C=O) groups excluding carboxylic acids is 2. The number of halogens is 3. The summed E-state index contributed by atoms with van der Waals surface area (Å²) in [6.07, 6.45) is 5.20. The van der Waals surface area contributed by atoms with E-state index in [0.29, 0.717) is 42.7 Å². The van der Waals surface area contributed by atoms with Gasteiger partial charge in [0.2, 0.25) is 5.91 Å². The molecule has 1 aliphatic heterocycles. The SMILES string of the molecule is CSc1cc(Cl)ccc1C1(C=O)C(CC(C)(C)C)NC(C(=O)NC2CCC(O)CC2)C1c1cccc(F)c1F. The lowest BCUT2D eigenvalue weighted by Crippen LogP contribution is -2.49. The van der Waals surface area contributed by atoms with E-state index in [0.717, 1.165) is 17.2 Å². The number of aliphatic hydroxyl groups is 1. The Morgan fingerprint density at radius 2 is 1.90 bits per heavy atom. The van der Waals surface area contributed by atoms with Crippen molar-refractivity contribution in [3.8, 4) is 0 Å². The first kappa shape index (κ1) is 30.0. The molecule has 1 aliphatic carbocycles. The van der Waals surface area contributed by atoms with E-state index in [1.165, 1.54) is 23.9 Å². The topological polar surface area (TPSA) is 78.4 Å². The Morgan fingerprint density at radius 1 is 1.21 bits per heavy atom. The molecule has 1 saturated carbocycles. The van der Waals surface area contributed by atoms with Gasteiger partial charge in [0.15, 0.2) is 11.6 Å². The molecule has 4 atom stereocenters. The van der Waals surface area contributed by atoms with Crippen LogP contribution >= 0.6 is 23.4 Å². The molecule has 0 radical (unpaired) electrons. The van der Waals surface area contributed by atoms with Crippen molar-refractivity contribution in [1.82, 2.24) is 10.6 Å². The van der Waals surface area contributed by atoms with Crippen LogP contribution < -0.4 is 10.6 Å². The fourth-order valence-corrected chi connectivity index (χ4v) is 7.26. The molecule has 0 aromatic heterocycles. The van der Waals surface area contributed by atoms with E-state index in [1.807, 2.05) is 27.0 Å². The van der Waals surface area contributed by atoms with Gasteiger partial charge in [0.1, 0.15) is 6.29 Å². The molecule has 4 unspecified atom stereocenters. The zero-order chi connectivity index (χ0) is 28.5. The van der Waals surface area contributed by atoms with Gasteiger partial charge in [-0.2, -0.15) is 0 Å². The van der Waals surface area contributed by atoms with Crippen molar-refractivity contribution in [1.29, 1.82) is 0 Å². The van der Waals surface area contributed by atoms with Crippen molar-refractivity contribution in [3.05, 3.63) is 64.2 Å². The summed E-state index contributed by atoms with van der Waals surface area (Å²) in [7, 11) is 0. The van der Waals surface area contributed by atoms with Gasteiger partial charge in [0.25, 0.3) is 0 Å². The summed E-state index contributed by atoms with van der Waals surface area (Å²) < 4.78 is 30.3. The number of hydrogen-bond acceptors (Lipinski definition) is 5. The molecule has 212 valence electrons. The van der Waals surface area contributed by atoms with E-state index in [9.17, 15) is 19.1 Å². The van der Waals surface area contributed by atoms with Crippen LogP contribution in [-0.2, 0) is 15.0 Å². The third-order valence-electron chi connectivity index (χ3n) is 8.09. The number of benzene rings is 2. The van der Waals surface area contributed by atoms with Gasteiger partial charge in [0.05, 0.1) is 17.6 Å². The molecule has 9 heteroatoms. The summed E-state index contributed by atoms with van der Waals surface area (Å²) in [5.41, 5.74) is -1.04. The number of aldehydes is 1. The standard InChI is InChI=1S/C30H37ClF2N2O3S/c1-29(2,3)15-24-30(16-36,21-13-8-17(31)14-23(21)39-4)25(20-6-5-7-22(32)26(20)33)27(35-24)28(38)34-18-9-11-19(37)12-10-18/h5-8,13-14,16,18-19,24-25,27,35,37H,9-12,15H2,1-4H3,(H,34,38). The predicted molar refractivity (Wildman–Crippen MR) is 151 cm³/mol. The van der Waals surface area contributed by atoms with Crippen LogP contribution in [0.25, 0.3) is 0 Å². The Morgan fingerprint density at radius 3 is 2.51 bits per heavy atom. The monoisotopic (exact) mass is 578 g/mol. The summed E-state index contributed by atoms with van der Waals surface area (Å²) in [6.45, 7) is 6.13. The van der Waals surface area contributed by atoms with Gasteiger partial charge < -0.3 is 20.5 Å². The van der Waals surface area contributed by atoms with Gasteiger partial charge >= 0.3 is 0 Å². The first-order valence-corrected chi connectivity index (χ1v) is 15.0. The highest BCUT2D eigenvalue weighted by Gasteiger charge is 2.60. The van der Waals surface area contributed by atoms with Gasteiger partial charge in [-0.1, -0.05) is 50.6 Å². The van der Waals surface area contributed by atoms with E-state index >= 15 is 4.39 Å². The Balaban J connectivity index is 1.92. The largest absolute Gasteiger partial charge is 0.393 e. The molecule has 2 fully saturated rings. The molecule has 39 heavy (non-hydrogen) atoms. The molecule has 2 aliphatic rings. The Bertz CT molecular complexity index is 1220. The number of carbonyl (C=O) groups is 2. The van der Waals surface area contributed by atoms with Gasteiger partial charge in [-0.15, -0.1) is 11.8 Å². The van der Waals surface area contributed by atoms with Gasteiger partial charge in [-0.05, 0) is 73.1 Å². The molecular weight excluding hydrogens is 542 g/mol. The third kappa shape index (κ3) is 6.04. The van der Waals surface area contributed by atoms with E-state index in [2.05, 4.69) is 10.6 Å². The average molecular weight is 579 g/mol. The third-order valence-corrected chi connectivity index (χ3v) is 9.10. The summed E-state index contributed by atoms with van der Waals surface area (Å²) in [6, 6.07) is 7.43. The maximum atomic E-state index is 15.6. The molecular formula is C30H37ClF2N2O3S. The Kier molecular flexibility index (Phi) is 9.11. The molecule has 5 nitrogen and oxygen atoms in total. The van der Waals surface area contributed by atoms with Crippen molar-refractivity contribution in [3.63, 3.8) is 0 Å². The number of thioether (sulfide) groups is 1. The van der Waals surface area contributed by atoms with E-state index < -0.39 is 35.1 Å². The minimum absolute atomic E-state index is 0.0211. The summed E-state index contributed by atoms with van der Waals surface area (Å²) in [5.74, 6) is -3.50. The maximum Gasteiger partial charge on any atom is 0.238 e. The number of aliphatic hydroxyl groups excluding tert-OH is 1. The summed E-state index contributed by atoms with van der Waals surface area (Å²) >= 11 is 7.73. The maximum absolute atomic E-state index is 15.6.